The lowest BCUT2D eigenvalue weighted by molar-refractivity contribution is -0.0801. The molecule has 0 spiro atoms. The molecular formula is C6H12O4S2. The third-order valence-electron chi connectivity index (χ3n) is 1.42. The topological polar surface area (TPSA) is 80.9 Å². The highest BCUT2D eigenvalue weighted by atomic mass is 32.1. The Bertz CT molecular complexity index is 144. The zero-order chi connectivity index (χ0) is 9.72. The fraction of sp³-hybridized carbons (Fsp3) is 0.833. The summed E-state index contributed by atoms with van der Waals surface area (Å²) in [4.78, 5) is 0. The van der Waals surface area contributed by atoms with Gasteiger partial charge in [0, 0.05) is 11.1 Å². The van der Waals surface area contributed by atoms with E-state index in [0.29, 0.717) is 0 Å². The zero-order valence-electron chi connectivity index (χ0n) is 6.24. The first-order chi connectivity index (χ1) is 5.54. The molecule has 0 fully saturated rings. The molecule has 12 heavy (non-hydrogen) atoms. The highest BCUT2D eigenvalue weighted by Crippen LogP contribution is 2.05. The molecule has 0 aliphatic rings. The van der Waals surface area contributed by atoms with E-state index in [1.54, 1.807) is 0 Å². The van der Waals surface area contributed by atoms with Gasteiger partial charge in [-0.2, -0.15) is 12.6 Å². The Kier molecular flexibility index (Phi) is 5.98. The Morgan fingerprint density at radius 2 is 1.67 bits per heavy atom. The molecule has 0 saturated heterocycles. The van der Waals surface area contributed by atoms with E-state index in [1.807, 2.05) is 0 Å². The van der Waals surface area contributed by atoms with Crippen LogP contribution in [-0.4, -0.2) is 56.0 Å². The second-order valence-electron chi connectivity index (χ2n) is 2.36. The third-order valence-corrected chi connectivity index (χ3v) is 2.07. The van der Waals surface area contributed by atoms with E-state index in [0.717, 1.165) is 5.37 Å². The molecule has 0 aromatic heterocycles. The van der Waals surface area contributed by atoms with Crippen LogP contribution in [0.2, 0.25) is 0 Å². The molecule has 0 unspecified atom stereocenters. The molecule has 0 aliphatic carbocycles. The van der Waals surface area contributed by atoms with Gasteiger partial charge in [0.05, 0.1) is 6.10 Å². The van der Waals surface area contributed by atoms with Gasteiger partial charge in [-0.15, -0.1) is 0 Å². The summed E-state index contributed by atoms with van der Waals surface area (Å²) >= 11 is 8.05. The average molecular weight is 212 g/mol. The number of rotatable bonds is 5. The molecule has 0 heterocycles. The summed E-state index contributed by atoms with van der Waals surface area (Å²) in [6, 6.07) is 0. The van der Waals surface area contributed by atoms with Gasteiger partial charge in [-0.25, -0.2) is 0 Å². The van der Waals surface area contributed by atoms with Crippen LogP contribution < -0.4 is 0 Å². The third kappa shape index (κ3) is 3.34. The Morgan fingerprint density at radius 3 is 2.00 bits per heavy atom. The molecule has 6 heteroatoms. The number of thiol groups is 1. The van der Waals surface area contributed by atoms with Crippen LogP contribution in [0.15, 0.2) is 0 Å². The molecule has 4 nitrogen and oxygen atoms in total. The van der Waals surface area contributed by atoms with Gasteiger partial charge < -0.3 is 20.4 Å². The van der Waals surface area contributed by atoms with Gasteiger partial charge in [0.2, 0.25) is 0 Å². The van der Waals surface area contributed by atoms with Crippen molar-refractivity contribution in [3.05, 3.63) is 0 Å². The number of thiocarbonyl (C=S) groups is 1. The molecule has 4 N–H and O–H groups in total. The maximum Gasteiger partial charge on any atom is 0.113 e. The highest BCUT2D eigenvalue weighted by Gasteiger charge is 2.28. The van der Waals surface area contributed by atoms with E-state index in [1.165, 1.54) is 0 Å². The minimum atomic E-state index is -1.47. The van der Waals surface area contributed by atoms with Crippen molar-refractivity contribution >= 4 is 30.2 Å². The van der Waals surface area contributed by atoms with Gasteiger partial charge in [0.1, 0.15) is 18.3 Å². The second kappa shape index (κ2) is 5.85. The van der Waals surface area contributed by atoms with E-state index in [-0.39, 0.29) is 5.75 Å². The molecule has 0 aromatic rings. The summed E-state index contributed by atoms with van der Waals surface area (Å²) in [5.41, 5.74) is 0. The predicted octanol–water partition coefficient (Wildman–Crippen LogP) is -1.64. The maximum absolute atomic E-state index is 9.11. The summed E-state index contributed by atoms with van der Waals surface area (Å²) in [5.74, 6) is 0.00236. The van der Waals surface area contributed by atoms with E-state index in [4.69, 9.17) is 20.4 Å². The standard InChI is InChI=1S/C6H12O4S2/c7-3(1-11)5(9)6(10)4(8)2-12/h1,3-10,12H,2H2/t3-,4+,5+,6+/m0/s1. The van der Waals surface area contributed by atoms with Crippen molar-refractivity contribution in [3.63, 3.8) is 0 Å². The van der Waals surface area contributed by atoms with E-state index in [9.17, 15) is 0 Å². The van der Waals surface area contributed by atoms with Crippen LogP contribution in [0.4, 0.5) is 0 Å². The quantitative estimate of drug-likeness (QED) is 0.279. The van der Waals surface area contributed by atoms with Crippen molar-refractivity contribution in [1.29, 1.82) is 0 Å². The largest absolute Gasteiger partial charge is 0.389 e. The summed E-state index contributed by atoms with van der Waals surface area (Å²) in [5, 5.41) is 37.1. The van der Waals surface area contributed by atoms with Gasteiger partial charge in [0.15, 0.2) is 0 Å². The van der Waals surface area contributed by atoms with Crippen molar-refractivity contribution < 1.29 is 20.4 Å². The first-order valence-electron chi connectivity index (χ1n) is 3.33. The van der Waals surface area contributed by atoms with Crippen molar-refractivity contribution in [3.8, 4) is 0 Å². The fourth-order valence-corrected chi connectivity index (χ4v) is 0.995. The minimum absolute atomic E-state index is 0.00236. The Morgan fingerprint density at radius 1 is 1.17 bits per heavy atom. The summed E-state index contributed by atoms with van der Waals surface area (Å²) in [7, 11) is 0. The van der Waals surface area contributed by atoms with Crippen LogP contribution in [0.1, 0.15) is 0 Å². The minimum Gasteiger partial charge on any atom is -0.389 e. The first-order valence-corrected chi connectivity index (χ1v) is 4.43. The molecule has 72 valence electrons. The highest BCUT2D eigenvalue weighted by molar-refractivity contribution is 7.80. The smallest absolute Gasteiger partial charge is 0.113 e. The van der Waals surface area contributed by atoms with Gasteiger partial charge in [-0.3, -0.25) is 0 Å². The number of hydrogen-bond acceptors (Lipinski definition) is 6. The van der Waals surface area contributed by atoms with Crippen molar-refractivity contribution in [1.82, 2.24) is 0 Å². The lowest BCUT2D eigenvalue weighted by Gasteiger charge is -2.23. The predicted molar refractivity (Wildman–Crippen MR) is 51.5 cm³/mol. The number of aliphatic hydroxyl groups is 4. The molecule has 0 radical (unpaired) electrons. The maximum atomic E-state index is 9.11. The van der Waals surface area contributed by atoms with E-state index >= 15 is 0 Å². The monoisotopic (exact) mass is 212 g/mol. The van der Waals surface area contributed by atoms with Crippen LogP contribution in [0.3, 0.4) is 0 Å². The molecule has 0 saturated carbocycles. The van der Waals surface area contributed by atoms with Gasteiger partial charge in [-0.1, -0.05) is 12.2 Å². The molecule has 0 aliphatic heterocycles. The van der Waals surface area contributed by atoms with Gasteiger partial charge in [0.25, 0.3) is 0 Å². The van der Waals surface area contributed by atoms with Crippen LogP contribution in [0.25, 0.3) is 0 Å². The van der Waals surface area contributed by atoms with E-state index in [2.05, 4.69) is 24.8 Å². The summed E-state index contributed by atoms with van der Waals surface area (Å²) in [6.07, 6.45) is -5.39. The SMILES string of the molecule is O[C@@H]([C@H](O)[C@@H](O)C=S)[C@H](O)CS. The van der Waals surface area contributed by atoms with Gasteiger partial charge >= 0.3 is 0 Å². The molecule has 0 amide bonds. The average Bonchev–Trinajstić information content (AvgIpc) is 2.12. The Balaban J connectivity index is 4.07. The summed E-state index contributed by atoms with van der Waals surface area (Å²) < 4.78 is 0. The molecular weight excluding hydrogens is 200 g/mol. The molecule has 0 aromatic carbocycles. The molecule has 0 rings (SSSR count). The molecule has 0 bridgehead atoms. The van der Waals surface area contributed by atoms with Crippen LogP contribution in [-0.2, 0) is 0 Å². The van der Waals surface area contributed by atoms with Crippen molar-refractivity contribution in [2.45, 2.75) is 24.4 Å². The van der Waals surface area contributed by atoms with Crippen LogP contribution in [0, 0.1) is 0 Å². The fourth-order valence-electron chi connectivity index (χ4n) is 0.618. The number of hydrogen-bond donors (Lipinski definition) is 5. The van der Waals surface area contributed by atoms with E-state index < -0.39 is 24.4 Å². The van der Waals surface area contributed by atoms with Crippen LogP contribution >= 0.6 is 24.8 Å². The van der Waals surface area contributed by atoms with Gasteiger partial charge in [-0.05, 0) is 0 Å². The zero-order valence-corrected chi connectivity index (χ0v) is 7.95. The molecule has 4 atom stereocenters. The Hall–Kier alpha value is 0.280. The van der Waals surface area contributed by atoms with Crippen molar-refractivity contribution in [2.24, 2.45) is 0 Å². The normalized spacial score (nSPS) is 21.1. The lowest BCUT2D eigenvalue weighted by Crippen LogP contribution is -2.45. The van der Waals surface area contributed by atoms with Crippen molar-refractivity contribution in [2.75, 3.05) is 5.75 Å². The first kappa shape index (κ1) is 12.3. The second-order valence-corrected chi connectivity index (χ2v) is 3.00. The number of aliphatic hydroxyl groups excluding tert-OH is 4. The lowest BCUT2D eigenvalue weighted by atomic mass is 10.1. The Labute approximate surface area is 81.3 Å². The van der Waals surface area contributed by atoms with Crippen LogP contribution in [0.5, 0.6) is 0 Å². The summed E-state index contributed by atoms with van der Waals surface area (Å²) in [6.45, 7) is 0.